The van der Waals surface area contributed by atoms with E-state index in [1.165, 1.54) is 6.42 Å². The molecule has 3 nitrogen and oxygen atoms in total. The van der Waals surface area contributed by atoms with Gasteiger partial charge >= 0.3 is 0 Å². The molecular formula is C9H19NO2. The second-order valence-corrected chi connectivity index (χ2v) is 3.65. The molecule has 0 spiro atoms. The predicted molar refractivity (Wildman–Crippen MR) is 48.0 cm³/mol. The van der Waals surface area contributed by atoms with Crippen LogP contribution >= 0.6 is 0 Å². The van der Waals surface area contributed by atoms with Gasteiger partial charge in [-0.2, -0.15) is 0 Å². The van der Waals surface area contributed by atoms with Crippen LogP contribution in [0.2, 0.25) is 0 Å². The summed E-state index contributed by atoms with van der Waals surface area (Å²) in [6.07, 6.45) is 2.89. The number of rotatable bonds is 4. The molecular weight excluding hydrogens is 154 g/mol. The first-order valence-electron chi connectivity index (χ1n) is 4.77. The van der Waals surface area contributed by atoms with Gasteiger partial charge in [0.25, 0.3) is 0 Å². The van der Waals surface area contributed by atoms with Crippen molar-refractivity contribution in [3.8, 4) is 0 Å². The number of likely N-dealkylation sites (tertiary alicyclic amines) is 1. The minimum atomic E-state index is -0.218. The van der Waals surface area contributed by atoms with E-state index in [1.54, 1.807) is 0 Å². The van der Waals surface area contributed by atoms with Gasteiger partial charge in [-0.15, -0.1) is 0 Å². The summed E-state index contributed by atoms with van der Waals surface area (Å²) in [4.78, 5) is 2.27. The van der Waals surface area contributed by atoms with Crippen LogP contribution in [0.25, 0.3) is 0 Å². The smallest absolute Gasteiger partial charge is 0.0586 e. The van der Waals surface area contributed by atoms with Gasteiger partial charge in [-0.05, 0) is 32.7 Å². The van der Waals surface area contributed by atoms with Crippen molar-refractivity contribution in [3.63, 3.8) is 0 Å². The van der Waals surface area contributed by atoms with Gasteiger partial charge in [0.2, 0.25) is 0 Å². The summed E-state index contributed by atoms with van der Waals surface area (Å²) >= 11 is 0. The monoisotopic (exact) mass is 173 g/mol. The van der Waals surface area contributed by atoms with Gasteiger partial charge in [-0.25, -0.2) is 0 Å². The molecule has 0 aromatic carbocycles. The lowest BCUT2D eigenvalue weighted by Crippen LogP contribution is -2.34. The van der Waals surface area contributed by atoms with Crippen LogP contribution in [0.4, 0.5) is 0 Å². The summed E-state index contributed by atoms with van der Waals surface area (Å²) in [6.45, 7) is 4.07. The topological polar surface area (TPSA) is 43.7 Å². The highest BCUT2D eigenvalue weighted by Gasteiger charge is 2.22. The molecule has 2 N–H and O–H groups in total. The number of nitrogens with zero attached hydrogens (tertiary/aromatic N) is 1. The van der Waals surface area contributed by atoms with Crippen molar-refractivity contribution < 1.29 is 10.2 Å². The van der Waals surface area contributed by atoms with Crippen LogP contribution in [0.15, 0.2) is 0 Å². The standard InChI is InChI=1S/C9H19NO2/c1-8(12)4-6-10-5-2-3-9(10)7-11/h8-9,11-12H,2-7H2,1H3. The van der Waals surface area contributed by atoms with Crippen molar-refractivity contribution >= 4 is 0 Å². The van der Waals surface area contributed by atoms with Crippen LogP contribution < -0.4 is 0 Å². The lowest BCUT2D eigenvalue weighted by atomic mass is 10.2. The third-order valence-corrected chi connectivity index (χ3v) is 2.54. The molecule has 0 aromatic rings. The van der Waals surface area contributed by atoms with E-state index in [2.05, 4.69) is 4.90 Å². The molecule has 3 heteroatoms. The average Bonchev–Trinajstić information content (AvgIpc) is 2.47. The van der Waals surface area contributed by atoms with Crippen LogP contribution in [0.3, 0.4) is 0 Å². The number of hydrogen-bond acceptors (Lipinski definition) is 3. The van der Waals surface area contributed by atoms with Gasteiger partial charge in [0, 0.05) is 12.6 Å². The predicted octanol–water partition coefficient (Wildman–Crippen LogP) is 0.214. The molecule has 72 valence electrons. The van der Waals surface area contributed by atoms with Gasteiger partial charge in [0.1, 0.15) is 0 Å². The van der Waals surface area contributed by atoms with Crippen LogP contribution in [0.5, 0.6) is 0 Å². The van der Waals surface area contributed by atoms with E-state index < -0.39 is 0 Å². The summed E-state index contributed by atoms with van der Waals surface area (Å²) < 4.78 is 0. The molecule has 1 fully saturated rings. The maximum Gasteiger partial charge on any atom is 0.0586 e. The van der Waals surface area contributed by atoms with E-state index in [-0.39, 0.29) is 12.7 Å². The molecule has 0 aromatic heterocycles. The van der Waals surface area contributed by atoms with E-state index in [0.29, 0.717) is 6.04 Å². The maximum atomic E-state index is 9.08. The minimum Gasteiger partial charge on any atom is -0.395 e. The summed E-state index contributed by atoms with van der Waals surface area (Å²) in [5, 5.41) is 18.1. The third kappa shape index (κ3) is 2.73. The quantitative estimate of drug-likeness (QED) is 0.639. The van der Waals surface area contributed by atoms with E-state index >= 15 is 0 Å². The molecule has 1 heterocycles. The Hall–Kier alpha value is -0.120. The molecule has 2 atom stereocenters. The number of aliphatic hydroxyl groups excluding tert-OH is 2. The fraction of sp³-hybridized carbons (Fsp3) is 1.00. The van der Waals surface area contributed by atoms with Crippen molar-refractivity contribution in [2.75, 3.05) is 19.7 Å². The van der Waals surface area contributed by atoms with Crippen molar-refractivity contribution in [2.24, 2.45) is 0 Å². The van der Waals surface area contributed by atoms with Gasteiger partial charge in [0.05, 0.1) is 12.7 Å². The van der Waals surface area contributed by atoms with Gasteiger partial charge in [-0.3, -0.25) is 4.90 Å². The molecule has 1 aliphatic heterocycles. The van der Waals surface area contributed by atoms with E-state index in [4.69, 9.17) is 10.2 Å². The molecule has 2 unspecified atom stereocenters. The zero-order chi connectivity index (χ0) is 8.97. The lowest BCUT2D eigenvalue weighted by Gasteiger charge is -2.22. The van der Waals surface area contributed by atoms with Crippen LogP contribution in [0, 0.1) is 0 Å². The Morgan fingerprint density at radius 1 is 1.58 bits per heavy atom. The van der Waals surface area contributed by atoms with Crippen molar-refractivity contribution in [3.05, 3.63) is 0 Å². The zero-order valence-corrected chi connectivity index (χ0v) is 7.74. The second kappa shape index (κ2) is 4.80. The van der Waals surface area contributed by atoms with Crippen molar-refractivity contribution in [1.29, 1.82) is 0 Å². The average molecular weight is 173 g/mol. The van der Waals surface area contributed by atoms with Gasteiger partial charge in [-0.1, -0.05) is 0 Å². The molecule has 0 aliphatic carbocycles. The molecule has 12 heavy (non-hydrogen) atoms. The highest BCUT2D eigenvalue weighted by atomic mass is 16.3. The highest BCUT2D eigenvalue weighted by molar-refractivity contribution is 4.78. The number of hydrogen-bond donors (Lipinski definition) is 2. The van der Waals surface area contributed by atoms with E-state index in [9.17, 15) is 0 Å². The van der Waals surface area contributed by atoms with Crippen LogP contribution in [-0.4, -0.2) is 47.0 Å². The number of aliphatic hydroxyl groups is 2. The van der Waals surface area contributed by atoms with Gasteiger partial charge in [0.15, 0.2) is 0 Å². The fourth-order valence-corrected chi connectivity index (χ4v) is 1.75. The van der Waals surface area contributed by atoms with Crippen LogP contribution in [-0.2, 0) is 0 Å². The fourth-order valence-electron chi connectivity index (χ4n) is 1.75. The summed E-state index contributed by atoms with van der Waals surface area (Å²) in [5.41, 5.74) is 0. The summed E-state index contributed by atoms with van der Waals surface area (Å²) in [6, 6.07) is 0.351. The first-order chi connectivity index (χ1) is 5.74. The van der Waals surface area contributed by atoms with Crippen molar-refractivity contribution in [2.45, 2.75) is 38.3 Å². The SMILES string of the molecule is CC(O)CCN1CCCC1CO. The largest absolute Gasteiger partial charge is 0.395 e. The van der Waals surface area contributed by atoms with E-state index in [0.717, 1.165) is 25.9 Å². The molecule has 1 rings (SSSR count). The molecule has 0 radical (unpaired) electrons. The lowest BCUT2D eigenvalue weighted by molar-refractivity contribution is 0.125. The van der Waals surface area contributed by atoms with E-state index in [1.807, 2.05) is 6.92 Å². The van der Waals surface area contributed by atoms with Gasteiger partial charge < -0.3 is 10.2 Å². The Morgan fingerprint density at radius 2 is 2.33 bits per heavy atom. The first-order valence-corrected chi connectivity index (χ1v) is 4.77. The normalized spacial score (nSPS) is 27.8. The Labute approximate surface area is 74.0 Å². The maximum absolute atomic E-state index is 9.08. The molecule has 1 saturated heterocycles. The van der Waals surface area contributed by atoms with Crippen molar-refractivity contribution in [1.82, 2.24) is 4.90 Å². The molecule has 1 aliphatic rings. The molecule has 0 saturated carbocycles. The summed E-state index contributed by atoms with van der Waals surface area (Å²) in [5.74, 6) is 0. The Bertz CT molecular complexity index is 128. The zero-order valence-electron chi connectivity index (χ0n) is 7.74. The highest BCUT2D eigenvalue weighted by Crippen LogP contribution is 2.16. The molecule has 0 amide bonds. The Kier molecular flexibility index (Phi) is 3.98. The summed E-state index contributed by atoms with van der Waals surface area (Å²) in [7, 11) is 0. The molecule has 0 bridgehead atoms. The Morgan fingerprint density at radius 3 is 2.92 bits per heavy atom. The second-order valence-electron chi connectivity index (χ2n) is 3.65. The van der Waals surface area contributed by atoms with Crippen LogP contribution in [0.1, 0.15) is 26.2 Å². The minimum absolute atomic E-state index is 0.218. The first kappa shape index (κ1) is 9.96. The Balaban J connectivity index is 2.21. The third-order valence-electron chi connectivity index (χ3n) is 2.54.